The lowest BCUT2D eigenvalue weighted by Gasteiger charge is -2.17. The Morgan fingerprint density at radius 3 is 2.76 bits per heavy atom. The van der Waals surface area contributed by atoms with Crippen molar-refractivity contribution in [3.63, 3.8) is 0 Å². The van der Waals surface area contributed by atoms with Crippen LogP contribution in [0.15, 0.2) is 15.8 Å². The first-order valence-corrected chi connectivity index (χ1v) is 5.64. The van der Waals surface area contributed by atoms with Crippen LogP contribution >= 0.6 is 0 Å². The Morgan fingerprint density at radius 2 is 2.18 bits per heavy atom. The van der Waals surface area contributed by atoms with Gasteiger partial charge in [0.25, 0.3) is 5.56 Å². The van der Waals surface area contributed by atoms with Crippen molar-refractivity contribution >= 4 is 0 Å². The highest BCUT2D eigenvalue weighted by Gasteiger charge is 2.34. The molecule has 1 fully saturated rings. The average Bonchev–Trinajstić information content (AvgIpc) is 2.65. The van der Waals surface area contributed by atoms with Gasteiger partial charge in [-0.1, -0.05) is 0 Å². The van der Waals surface area contributed by atoms with Gasteiger partial charge in [-0.2, -0.15) is 0 Å². The minimum absolute atomic E-state index is 0.00461. The third-order valence-corrected chi connectivity index (χ3v) is 3.36. The first kappa shape index (κ1) is 12.1. The molecule has 0 spiro atoms. The Labute approximate surface area is 97.5 Å². The van der Waals surface area contributed by atoms with Gasteiger partial charge in [0, 0.05) is 18.4 Å². The Hall–Kier alpha value is -1.40. The minimum atomic E-state index is -0.657. The fourth-order valence-corrected chi connectivity index (χ4v) is 2.37. The molecule has 0 unspecified atom stereocenters. The highest BCUT2D eigenvalue weighted by Crippen LogP contribution is 2.33. The van der Waals surface area contributed by atoms with Gasteiger partial charge in [-0.15, -0.1) is 0 Å². The van der Waals surface area contributed by atoms with Crippen LogP contribution in [0.3, 0.4) is 0 Å². The number of aliphatic hydroxyl groups excluding tert-OH is 2. The van der Waals surface area contributed by atoms with E-state index in [9.17, 15) is 14.7 Å². The van der Waals surface area contributed by atoms with Crippen molar-refractivity contribution in [3.05, 3.63) is 32.6 Å². The Morgan fingerprint density at radius 1 is 1.47 bits per heavy atom. The molecule has 3 N–H and O–H groups in total. The molecule has 0 aromatic carbocycles. The number of nitrogens with zero attached hydrogens (tertiary/aromatic N) is 1. The third kappa shape index (κ3) is 2.18. The minimum Gasteiger partial charge on any atom is -0.396 e. The fourth-order valence-electron chi connectivity index (χ4n) is 2.37. The van der Waals surface area contributed by atoms with E-state index in [2.05, 4.69) is 4.98 Å². The van der Waals surface area contributed by atoms with Gasteiger partial charge in [0.05, 0.1) is 12.1 Å². The van der Waals surface area contributed by atoms with Crippen molar-refractivity contribution in [2.24, 2.45) is 5.92 Å². The molecule has 1 aromatic heterocycles. The first-order chi connectivity index (χ1) is 8.02. The van der Waals surface area contributed by atoms with E-state index in [1.54, 1.807) is 6.92 Å². The number of hydrogen-bond acceptors (Lipinski definition) is 4. The predicted octanol–water partition coefficient (Wildman–Crippen LogP) is -0.851. The van der Waals surface area contributed by atoms with Crippen molar-refractivity contribution in [1.82, 2.24) is 9.55 Å². The number of hydrogen-bond donors (Lipinski definition) is 3. The molecule has 1 heterocycles. The lowest BCUT2D eigenvalue weighted by molar-refractivity contribution is 0.129. The zero-order valence-corrected chi connectivity index (χ0v) is 9.59. The summed E-state index contributed by atoms with van der Waals surface area (Å²) in [6.07, 6.45) is 1.83. The van der Waals surface area contributed by atoms with E-state index in [0.717, 1.165) is 0 Å². The van der Waals surface area contributed by atoms with Gasteiger partial charge in [0.2, 0.25) is 0 Å². The topological polar surface area (TPSA) is 95.3 Å². The lowest BCUT2D eigenvalue weighted by atomic mass is 10.1. The summed E-state index contributed by atoms with van der Waals surface area (Å²) in [6.45, 7) is 1.62. The molecule has 1 aliphatic carbocycles. The second-order valence-corrected chi connectivity index (χ2v) is 4.63. The van der Waals surface area contributed by atoms with Crippen molar-refractivity contribution < 1.29 is 10.2 Å². The van der Waals surface area contributed by atoms with Crippen LogP contribution in [0, 0.1) is 12.8 Å². The second-order valence-electron chi connectivity index (χ2n) is 4.63. The van der Waals surface area contributed by atoms with Crippen molar-refractivity contribution in [1.29, 1.82) is 0 Å². The van der Waals surface area contributed by atoms with E-state index >= 15 is 0 Å². The molecular formula is C11H16N2O4. The van der Waals surface area contributed by atoms with Crippen LogP contribution in [0.25, 0.3) is 0 Å². The van der Waals surface area contributed by atoms with Crippen LogP contribution in [0.5, 0.6) is 0 Å². The smallest absolute Gasteiger partial charge is 0.328 e. The summed E-state index contributed by atoms with van der Waals surface area (Å²) in [5.41, 5.74) is -0.482. The van der Waals surface area contributed by atoms with E-state index in [0.29, 0.717) is 18.4 Å². The summed E-state index contributed by atoms with van der Waals surface area (Å²) in [6, 6.07) is -0.366. The van der Waals surface area contributed by atoms with Crippen molar-refractivity contribution in [3.8, 4) is 0 Å². The van der Waals surface area contributed by atoms with Crippen LogP contribution in [0.1, 0.15) is 24.4 Å². The van der Waals surface area contributed by atoms with Gasteiger partial charge in [-0.3, -0.25) is 14.3 Å². The SMILES string of the molecule is Cc1cn([C@@H]2C[C@H](CO)C[C@H]2O)c(=O)[nH]c1=O. The number of aryl methyl sites for hydroxylation is 1. The molecule has 94 valence electrons. The lowest BCUT2D eigenvalue weighted by Crippen LogP contribution is -2.35. The van der Waals surface area contributed by atoms with Crippen LogP contribution in [-0.4, -0.2) is 32.5 Å². The summed E-state index contributed by atoms with van der Waals surface area (Å²) in [4.78, 5) is 25.1. The summed E-state index contributed by atoms with van der Waals surface area (Å²) in [5, 5.41) is 18.9. The monoisotopic (exact) mass is 240 g/mol. The van der Waals surface area contributed by atoms with E-state index in [1.165, 1.54) is 10.8 Å². The molecule has 17 heavy (non-hydrogen) atoms. The molecule has 0 aliphatic heterocycles. The normalized spacial score (nSPS) is 28.5. The average molecular weight is 240 g/mol. The molecule has 1 aromatic rings. The molecule has 2 rings (SSSR count). The molecule has 0 radical (unpaired) electrons. The Bertz CT molecular complexity index is 519. The largest absolute Gasteiger partial charge is 0.396 e. The van der Waals surface area contributed by atoms with E-state index < -0.39 is 17.4 Å². The van der Waals surface area contributed by atoms with Crippen LogP contribution < -0.4 is 11.2 Å². The summed E-state index contributed by atoms with van der Waals surface area (Å²) >= 11 is 0. The molecule has 0 saturated heterocycles. The van der Waals surface area contributed by atoms with Gasteiger partial charge in [-0.25, -0.2) is 4.79 Å². The maximum Gasteiger partial charge on any atom is 0.328 e. The quantitative estimate of drug-likeness (QED) is 0.627. The first-order valence-electron chi connectivity index (χ1n) is 5.64. The van der Waals surface area contributed by atoms with E-state index in [-0.39, 0.29) is 18.6 Å². The van der Waals surface area contributed by atoms with Gasteiger partial charge < -0.3 is 10.2 Å². The maximum absolute atomic E-state index is 11.7. The standard InChI is InChI=1S/C11H16N2O4/c1-6-4-13(11(17)12-10(6)16)8-2-7(5-14)3-9(8)15/h4,7-9,14-15H,2-3,5H2,1H3,(H,12,16,17)/t7-,8+,9+/m0/s1. The number of aromatic amines is 1. The number of aliphatic hydroxyl groups is 2. The molecular weight excluding hydrogens is 224 g/mol. The highest BCUT2D eigenvalue weighted by molar-refractivity contribution is 5.03. The Balaban J connectivity index is 2.38. The predicted molar refractivity (Wildman–Crippen MR) is 60.9 cm³/mol. The Kier molecular flexibility index (Phi) is 3.17. The van der Waals surface area contributed by atoms with Gasteiger partial charge in [0.1, 0.15) is 0 Å². The van der Waals surface area contributed by atoms with Gasteiger partial charge in [0.15, 0.2) is 0 Å². The van der Waals surface area contributed by atoms with Crippen LogP contribution in [0.4, 0.5) is 0 Å². The van der Waals surface area contributed by atoms with Gasteiger partial charge >= 0.3 is 5.69 Å². The summed E-state index contributed by atoms with van der Waals surface area (Å²) in [7, 11) is 0. The number of nitrogens with one attached hydrogen (secondary N) is 1. The number of rotatable bonds is 2. The fraction of sp³-hybridized carbons (Fsp3) is 0.636. The van der Waals surface area contributed by atoms with E-state index in [1.807, 2.05) is 0 Å². The molecule has 0 amide bonds. The highest BCUT2D eigenvalue weighted by atomic mass is 16.3. The van der Waals surface area contributed by atoms with Crippen molar-refractivity contribution in [2.75, 3.05) is 6.61 Å². The van der Waals surface area contributed by atoms with Crippen LogP contribution in [0.2, 0.25) is 0 Å². The van der Waals surface area contributed by atoms with Gasteiger partial charge in [-0.05, 0) is 25.7 Å². The van der Waals surface area contributed by atoms with Crippen molar-refractivity contribution in [2.45, 2.75) is 31.9 Å². The second kappa shape index (κ2) is 4.46. The number of aromatic nitrogens is 2. The maximum atomic E-state index is 11.7. The zero-order chi connectivity index (χ0) is 12.6. The number of H-pyrrole nitrogens is 1. The summed E-state index contributed by atoms with van der Waals surface area (Å²) in [5.74, 6) is 0.00846. The zero-order valence-electron chi connectivity index (χ0n) is 9.59. The molecule has 1 aliphatic rings. The molecule has 3 atom stereocenters. The molecule has 0 bridgehead atoms. The summed E-state index contributed by atoms with van der Waals surface area (Å²) < 4.78 is 1.36. The molecule has 6 heteroatoms. The third-order valence-electron chi connectivity index (χ3n) is 3.36. The van der Waals surface area contributed by atoms with Crippen LogP contribution in [-0.2, 0) is 0 Å². The van der Waals surface area contributed by atoms with E-state index in [4.69, 9.17) is 5.11 Å². The molecule has 1 saturated carbocycles. The molecule has 6 nitrogen and oxygen atoms in total.